The molecule has 0 unspecified atom stereocenters. The van der Waals surface area contributed by atoms with Gasteiger partial charge in [-0.2, -0.15) is 0 Å². The summed E-state index contributed by atoms with van der Waals surface area (Å²) in [5, 5.41) is 3.62. The highest BCUT2D eigenvalue weighted by molar-refractivity contribution is 7.91. The molecular formula is C15H30N2O2S. The van der Waals surface area contributed by atoms with E-state index in [0.29, 0.717) is 23.0 Å². The van der Waals surface area contributed by atoms with Crippen LogP contribution in [0.4, 0.5) is 0 Å². The maximum Gasteiger partial charge on any atom is 0.152 e. The lowest BCUT2D eigenvalue weighted by Crippen LogP contribution is -2.50. The van der Waals surface area contributed by atoms with Crippen LogP contribution in [0.25, 0.3) is 0 Å². The maximum atomic E-state index is 11.5. The highest BCUT2D eigenvalue weighted by Gasteiger charge is 2.35. The van der Waals surface area contributed by atoms with Gasteiger partial charge in [-0.05, 0) is 18.3 Å². The Kier molecular flexibility index (Phi) is 5.49. The van der Waals surface area contributed by atoms with Crippen molar-refractivity contribution in [1.29, 1.82) is 0 Å². The molecule has 20 heavy (non-hydrogen) atoms. The molecule has 1 N–H and O–H groups in total. The van der Waals surface area contributed by atoms with E-state index in [9.17, 15) is 8.42 Å². The number of rotatable bonds is 5. The van der Waals surface area contributed by atoms with Crippen molar-refractivity contribution in [1.82, 2.24) is 10.2 Å². The molecule has 1 saturated heterocycles. The van der Waals surface area contributed by atoms with Crippen LogP contribution in [0.1, 0.15) is 46.0 Å². The lowest BCUT2D eigenvalue weighted by molar-refractivity contribution is 0.105. The van der Waals surface area contributed by atoms with Crippen molar-refractivity contribution in [2.45, 2.75) is 52.0 Å². The lowest BCUT2D eigenvalue weighted by Gasteiger charge is -2.42. The van der Waals surface area contributed by atoms with Gasteiger partial charge in [-0.1, -0.05) is 33.1 Å². The first kappa shape index (κ1) is 16.2. The quantitative estimate of drug-likeness (QED) is 0.839. The maximum absolute atomic E-state index is 11.5. The van der Waals surface area contributed by atoms with Crippen molar-refractivity contribution < 1.29 is 8.42 Å². The summed E-state index contributed by atoms with van der Waals surface area (Å²) in [4.78, 5) is 2.38. The molecule has 1 saturated carbocycles. The second kappa shape index (κ2) is 6.75. The van der Waals surface area contributed by atoms with Gasteiger partial charge in [0, 0.05) is 32.2 Å². The second-order valence-electron chi connectivity index (χ2n) is 7.02. The first-order valence-corrected chi connectivity index (χ1v) is 9.89. The molecule has 0 spiro atoms. The highest BCUT2D eigenvalue weighted by Crippen LogP contribution is 2.37. The Morgan fingerprint density at radius 3 is 2.25 bits per heavy atom. The van der Waals surface area contributed by atoms with Crippen molar-refractivity contribution >= 4 is 9.84 Å². The Bertz CT molecular complexity index is 386. The minimum Gasteiger partial charge on any atom is -0.314 e. The SMILES string of the molecule is CC(C)NCC1(CN2CCS(=O)(=O)CC2)CCCCC1. The van der Waals surface area contributed by atoms with Crippen molar-refractivity contribution in [2.75, 3.05) is 37.7 Å². The van der Waals surface area contributed by atoms with E-state index in [-0.39, 0.29) is 0 Å². The van der Waals surface area contributed by atoms with Gasteiger partial charge in [0.2, 0.25) is 0 Å². The zero-order valence-corrected chi connectivity index (χ0v) is 13.8. The van der Waals surface area contributed by atoms with E-state index in [1.54, 1.807) is 0 Å². The molecule has 0 aromatic carbocycles. The molecule has 4 nitrogen and oxygen atoms in total. The Morgan fingerprint density at radius 1 is 1.10 bits per heavy atom. The smallest absolute Gasteiger partial charge is 0.152 e. The van der Waals surface area contributed by atoms with Crippen LogP contribution >= 0.6 is 0 Å². The zero-order chi connectivity index (χ0) is 14.6. The van der Waals surface area contributed by atoms with E-state index in [1.807, 2.05) is 0 Å². The summed E-state index contributed by atoms with van der Waals surface area (Å²) in [5.41, 5.74) is 0.365. The van der Waals surface area contributed by atoms with E-state index in [0.717, 1.165) is 26.2 Å². The molecule has 2 aliphatic rings. The van der Waals surface area contributed by atoms with Crippen molar-refractivity contribution in [3.63, 3.8) is 0 Å². The first-order valence-electron chi connectivity index (χ1n) is 8.07. The molecule has 0 atom stereocenters. The molecule has 0 bridgehead atoms. The van der Waals surface area contributed by atoms with Gasteiger partial charge in [0.1, 0.15) is 0 Å². The summed E-state index contributed by atoms with van der Waals surface area (Å²) in [7, 11) is -2.76. The molecule has 1 aliphatic heterocycles. The van der Waals surface area contributed by atoms with Crippen LogP contribution in [-0.2, 0) is 9.84 Å². The number of hydrogen-bond donors (Lipinski definition) is 1. The first-order chi connectivity index (χ1) is 9.41. The van der Waals surface area contributed by atoms with Crippen LogP contribution in [0, 0.1) is 5.41 Å². The molecule has 2 fully saturated rings. The standard InChI is InChI=1S/C15H30N2O2S/c1-14(2)16-12-15(6-4-3-5-7-15)13-17-8-10-20(18,19)11-9-17/h14,16H,3-13H2,1-2H3. The Hall–Kier alpha value is -0.130. The lowest BCUT2D eigenvalue weighted by atomic mass is 9.73. The van der Waals surface area contributed by atoms with Crippen LogP contribution in [0.2, 0.25) is 0 Å². The van der Waals surface area contributed by atoms with E-state index >= 15 is 0 Å². The van der Waals surface area contributed by atoms with Crippen molar-refractivity contribution in [2.24, 2.45) is 5.41 Å². The van der Waals surface area contributed by atoms with Crippen LogP contribution in [0.15, 0.2) is 0 Å². The predicted octanol–water partition coefficient (Wildman–Crippen LogP) is 1.67. The van der Waals surface area contributed by atoms with Crippen LogP contribution in [0.5, 0.6) is 0 Å². The third-order valence-corrected chi connectivity index (χ3v) is 6.40. The average molecular weight is 302 g/mol. The molecule has 0 amide bonds. The van der Waals surface area contributed by atoms with Gasteiger partial charge >= 0.3 is 0 Å². The van der Waals surface area contributed by atoms with Crippen LogP contribution in [-0.4, -0.2) is 57.0 Å². The van der Waals surface area contributed by atoms with Crippen molar-refractivity contribution in [3.8, 4) is 0 Å². The van der Waals surface area contributed by atoms with Gasteiger partial charge < -0.3 is 10.2 Å². The fourth-order valence-electron chi connectivity index (χ4n) is 3.50. The van der Waals surface area contributed by atoms with Crippen molar-refractivity contribution in [3.05, 3.63) is 0 Å². The monoisotopic (exact) mass is 302 g/mol. The minimum atomic E-state index is -2.76. The molecule has 0 radical (unpaired) electrons. The summed E-state index contributed by atoms with van der Waals surface area (Å²) in [6.45, 7) is 8.00. The Labute approximate surface area is 124 Å². The molecular weight excluding hydrogens is 272 g/mol. The van der Waals surface area contributed by atoms with E-state index in [1.165, 1.54) is 32.1 Å². The van der Waals surface area contributed by atoms with Gasteiger partial charge in [-0.3, -0.25) is 0 Å². The number of hydrogen-bond acceptors (Lipinski definition) is 4. The third kappa shape index (κ3) is 4.71. The average Bonchev–Trinajstić information content (AvgIpc) is 2.40. The summed E-state index contributed by atoms with van der Waals surface area (Å²) in [5.74, 6) is 0.696. The molecule has 0 aromatic rings. The topological polar surface area (TPSA) is 49.4 Å². The van der Waals surface area contributed by atoms with E-state index < -0.39 is 9.84 Å². The zero-order valence-electron chi connectivity index (χ0n) is 13.0. The summed E-state index contributed by atoms with van der Waals surface area (Å²) in [6.07, 6.45) is 6.58. The van der Waals surface area contributed by atoms with Crippen LogP contribution < -0.4 is 5.32 Å². The van der Waals surface area contributed by atoms with Gasteiger partial charge in [-0.25, -0.2) is 8.42 Å². The molecule has 2 rings (SSSR count). The highest BCUT2D eigenvalue weighted by atomic mass is 32.2. The molecule has 5 heteroatoms. The predicted molar refractivity (Wildman–Crippen MR) is 83.8 cm³/mol. The Balaban J connectivity index is 1.93. The summed E-state index contributed by atoms with van der Waals surface area (Å²) < 4.78 is 23.1. The van der Waals surface area contributed by atoms with E-state index in [4.69, 9.17) is 0 Å². The normalized spacial score (nSPS) is 26.8. The molecule has 118 valence electrons. The Morgan fingerprint density at radius 2 is 1.70 bits per heavy atom. The number of nitrogens with one attached hydrogen (secondary N) is 1. The van der Waals surface area contributed by atoms with Gasteiger partial charge in [0.05, 0.1) is 11.5 Å². The minimum absolute atomic E-state index is 0.348. The summed E-state index contributed by atoms with van der Waals surface area (Å²) >= 11 is 0. The fraction of sp³-hybridized carbons (Fsp3) is 1.00. The van der Waals surface area contributed by atoms with Gasteiger partial charge in [-0.15, -0.1) is 0 Å². The fourth-order valence-corrected chi connectivity index (χ4v) is 4.77. The number of nitrogens with zero attached hydrogens (tertiary/aromatic N) is 1. The number of sulfone groups is 1. The second-order valence-corrected chi connectivity index (χ2v) is 9.33. The molecule has 1 aliphatic carbocycles. The molecule has 1 heterocycles. The third-order valence-electron chi connectivity index (χ3n) is 4.80. The molecule has 0 aromatic heterocycles. The van der Waals surface area contributed by atoms with Gasteiger partial charge in [0.15, 0.2) is 9.84 Å². The summed E-state index contributed by atoms with van der Waals surface area (Å²) in [6, 6.07) is 0.524. The van der Waals surface area contributed by atoms with Gasteiger partial charge in [0.25, 0.3) is 0 Å². The van der Waals surface area contributed by atoms with E-state index in [2.05, 4.69) is 24.1 Å². The largest absolute Gasteiger partial charge is 0.314 e. The van der Waals surface area contributed by atoms with Crippen LogP contribution in [0.3, 0.4) is 0 Å².